The number of aryl methyl sites for hydroxylation is 1. The number of carboxylic acid groups (broad SMARTS) is 2. The highest BCUT2D eigenvalue weighted by molar-refractivity contribution is 6.05. The number of benzene rings is 2. The molecule has 0 saturated carbocycles. The van der Waals surface area contributed by atoms with Crippen molar-refractivity contribution in [1.82, 2.24) is 0 Å². The van der Waals surface area contributed by atoms with Gasteiger partial charge in [0.25, 0.3) is 0 Å². The SMILES string of the molecule is CCCCCCCCCCCCCCCCCCc1ccc(C(=O)O)c(C(N)=O)c1CCCCCCCCCCCCCCCCCC.NC(=O)c1ccccc1C(=O)O. The van der Waals surface area contributed by atoms with E-state index < -0.39 is 23.8 Å². The summed E-state index contributed by atoms with van der Waals surface area (Å²) in [5.41, 5.74) is 13.0. The number of primary amides is 2. The van der Waals surface area contributed by atoms with E-state index in [-0.39, 0.29) is 22.3 Å². The molecule has 0 radical (unpaired) electrons. The molecule has 0 aliphatic heterocycles. The number of amides is 2. The molecule has 8 heteroatoms. The van der Waals surface area contributed by atoms with Gasteiger partial charge in [-0.1, -0.05) is 225 Å². The van der Waals surface area contributed by atoms with Crippen LogP contribution in [0.5, 0.6) is 0 Å². The molecule has 2 rings (SSSR count). The standard InChI is InChI=1S/C44H79NO3.C8H7NO3/c1-3-5-7-9-11-13-15-17-19-21-23-25-27-29-31-33-35-39-37-38-41(44(47)48)42(43(45)46)40(39)36-34-32-30-28-26-24-22-20-18-16-14-12-10-8-6-4-2;9-7(10)5-3-1-2-4-6(5)8(11)12/h37-38H,3-36H2,1-2H3,(H2,45,46)(H,47,48);1-4H,(H2,9,10)(H,11,12). The molecule has 8 nitrogen and oxygen atoms in total. The maximum atomic E-state index is 12.5. The third-order valence-corrected chi connectivity index (χ3v) is 11.9. The minimum Gasteiger partial charge on any atom is -0.478 e. The fourth-order valence-electron chi connectivity index (χ4n) is 8.27. The molecule has 2 aromatic carbocycles. The van der Waals surface area contributed by atoms with Crippen LogP contribution in [0.1, 0.15) is 272 Å². The monoisotopic (exact) mass is 835 g/mol. The van der Waals surface area contributed by atoms with Crippen LogP contribution in [0.15, 0.2) is 36.4 Å². The lowest BCUT2D eigenvalue weighted by Gasteiger charge is -2.16. The van der Waals surface area contributed by atoms with Crippen LogP contribution in [-0.2, 0) is 12.8 Å². The molecule has 0 aliphatic rings. The van der Waals surface area contributed by atoms with Gasteiger partial charge in [-0.05, 0) is 55.0 Å². The van der Waals surface area contributed by atoms with Gasteiger partial charge >= 0.3 is 11.9 Å². The Kier molecular flexibility index (Phi) is 33.6. The maximum Gasteiger partial charge on any atom is 0.336 e. The van der Waals surface area contributed by atoms with Gasteiger partial charge in [0.15, 0.2) is 0 Å². The van der Waals surface area contributed by atoms with Crippen molar-refractivity contribution in [2.75, 3.05) is 0 Å². The number of carbonyl (C=O) groups is 4. The van der Waals surface area contributed by atoms with Crippen LogP contribution in [0.4, 0.5) is 0 Å². The Morgan fingerprint density at radius 3 is 1.00 bits per heavy atom. The third kappa shape index (κ3) is 26.5. The number of unbranched alkanes of at least 4 members (excludes halogenated alkanes) is 30. The zero-order valence-electron chi connectivity index (χ0n) is 38.2. The summed E-state index contributed by atoms with van der Waals surface area (Å²) >= 11 is 0. The minimum absolute atomic E-state index is 0.0324. The molecule has 340 valence electrons. The molecule has 0 aliphatic carbocycles. The van der Waals surface area contributed by atoms with E-state index >= 15 is 0 Å². The Morgan fingerprint density at radius 2 is 0.700 bits per heavy atom. The van der Waals surface area contributed by atoms with E-state index in [0.29, 0.717) is 0 Å². The Bertz CT molecular complexity index is 1410. The first-order valence-electron chi connectivity index (χ1n) is 24.5. The fraction of sp³-hybridized carbons (Fsp3) is 0.692. The molecular weight excluding hydrogens is 749 g/mol. The van der Waals surface area contributed by atoms with Crippen LogP contribution in [0.3, 0.4) is 0 Å². The van der Waals surface area contributed by atoms with Gasteiger partial charge in [-0.2, -0.15) is 0 Å². The number of hydrogen-bond donors (Lipinski definition) is 4. The number of aromatic carboxylic acids is 2. The quantitative estimate of drug-likeness (QED) is 0.0493. The van der Waals surface area contributed by atoms with Crippen molar-refractivity contribution in [1.29, 1.82) is 0 Å². The Labute approximate surface area is 365 Å². The second kappa shape index (κ2) is 37.1. The summed E-state index contributed by atoms with van der Waals surface area (Å²) in [5.74, 6) is -3.55. The molecule has 6 N–H and O–H groups in total. The summed E-state index contributed by atoms with van der Waals surface area (Å²) < 4.78 is 0. The summed E-state index contributed by atoms with van der Waals surface area (Å²) in [6.45, 7) is 4.56. The second-order valence-corrected chi connectivity index (χ2v) is 17.1. The lowest BCUT2D eigenvalue weighted by molar-refractivity contribution is 0.0683. The van der Waals surface area contributed by atoms with E-state index in [9.17, 15) is 24.3 Å². The van der Waals surface area contributed by atoms with E-state index in [2.05, 4.69) is 13.8 Å². The second-order valence-electron chi connectivity index (χ2n) is 17.1. The van der Waals surface area contributed by atoms with Crippen molar-refractivity contribution in [2.24, 2.45) is 11.5 Å². The summed E-state index contributed by atoms with van der Waals surface area (Å²) in [5, 5.41) is 18.4. The lowest BCUT2D eigenvalue weighted by Crippen LogP contribution is -2.20. The fourth-order valence-corrected chi connectivity index (χ4v) is 8.27. The Morgan fingerprint density at radius 1 is 0.383 bits per heavy atom. The van der Waals surface area contributed by atoms with Gasteiger partial charge in [0.2, 0.25) is 11.8 Å². The highest BCUT2D eigenvalue weighted by atomic mass is 16.4. The maximum absolute atomic E-state index is 12.5. The summed E-state index contributed by atoms with van der Waals surface area (Å²) in [6.07, 6.45) is 44.3. The average Bonchev–Trinajstić information content (AvgIpc) is 3.23. The van der Waals surface area contributed by atoms with E-state index in [4.69, 9.17) is 16.6 Å². The van der Waals surface area contributed by atoms with Crippen LogP contribution >= 0.6 is 0 Å². The molecule has 0 fully saturated rings. The first kappa shape index (κ1) is 54.3. The zero-order valence-corrected chi connectivity index (χ0v) is 38.2. The number of carboxylic acids is 2. The predicted molar refractivity (Wildman–Crippen MR) is 250 cm³/mol. The van der Waals surface area contributed by atoms with Gasteiger partial charge in [-0.25, -0.2) is 9.59 Å². The van der Waals surface area contributed by atoms with E-state index in [1.54, 1.807) is 12.1 Å². The number of nitrogens with two attached hydrogens (primary N) is 2. The lowest BCUT2D eigenvalue weighted by atomic mass is 9.89. The molecule has 2 aromatic rings. The van der Waals surface area contributed by atoms with Gasteiger partial charge < -0.3 is 21.7 Å². The van der Waals surface area contributed by atoms with Gasteiger partial charge in [-0.3, -0.25) is 9.59 Å². The highest BCUT2D eigenvalue weighted by Gasteiger charge is 2.21. The van der Waals surface area contributed by atoms with Gasteiger partial charge in [0, 0.05) is 0 Å². The van der Waals surface area contributed by atoms with Gasteiger partial charge in [0.05, 0.1) is 22.3 Å². The third-order valence-electron chi connectivity index (χ3n) is 11.9. The highest BCUT2D eigenvalue weighted by Crippen LogP contribution is 2.25. The molecule has 0 heterocycles. The summed E-state index contributed by atoms with van der Waals surface area (Å²) in [7, 11) is 0. The Hall–Kier alpha value is -3.68. The van der Waals surface area contributed by atoms with Crippen LogP contribution < -0.4 is 11.5 Å². The molecule has 0 atom stereocenters. The van der Waals surface area contributed by atoms with Crippen molar-refractivity contribution in [3.63, 3.8) is 0 Å². The van der Waals surface area contributed by atoms with E-state index in [1.165, 1.54) is 204 Å². The molecule has 60 heavy (non-hydrogen) atoms. The largest absolute Gasteiger partial charge is 0.478 e. The molecule has 0 aromatic heterocycles. The molecule has 2 amide bonds. The average molecular weight is 835 g/mol. The normalized spacial score (nSPS) is 11.0. The smallest absolute Gasteiger partial charge is 0.336 e. The summed E-state index contributed by atoms with van der Waals surface area (Å²) in [4.78, 5) is 45.6. The molecular formula is C52H86N2O6. The topological polar surface area (TPSA) is 161 Å². The first-order chi connectivity index (χ1) is 29.1. The molecule has 0 unspecified atom stereocenters. The molecule has 0 spiro atoms. The number of hydrogen-bond acceptors (Lipinski definition) is 4. The van der Waals surface area contributed by atoms with Gasteiger partial charge in [-0.15, -0.1) is 0 Å². The van der Waals surface area contributed by atoms with E-state index in [0.717, 1.165) is 43.2 Å². The van der Waals surface area contributed by atoms with Crippen LogP contribution in [-0.4, -0.2) is 34.0 Å². The minimum atomic E-state index is -1.15. The van der Waals surface area contributed by atoms with Gasteiger partial charge in [0.1, 0.15) is 0 Å². The molecule has 0 saturated heterocycles. The van der Waals surface area contributed by atoms with Crippen LogP contribution in [0.25, 0.3) is 0 Å². The van der Waals surface area contributed by atoms with Crippen LogP contribution in [0, 0.1) is 0 Å². The van der Waals surface area contributed by atoms with Crippen molar-refractivity contribution in [3.8, 4) is 0 Å². The van der Waals surface area contributed by atoms with E-state index in [1.807, 2.05) is 6.07 Å². The first-order valence-corrected chi connectivity index (χ1v) is 24.5. The van der Waals surface area contributed by atoms with Crippen molar-refractivity contribution < 1.29 is 29.4 Å². The summed E-state index contributed by atoms with van der Waals surface area (Å²) in [6, 6.07) is 9.36. The van der Waals surface area contributed by atoms with Crippen molar-refractivity contribution >= 4 is 23.8 Å². The Balaban J connectivity index is 0.00000127. The number of carbonyl (C=O) groups excluding carboxylic acids is 2. The van der Waals surface area contributed by atoms with Crippen molar-refractivity contribution in [3.05, 3.63) is 69.8 Å². The molecule has 0 bridgehead atoms. The van der Waals surface area contributed by atoms with Crippen LogP contribution in [0.2, 0.25) is 0 Å². The predicted octanol–water partition coefficient (Wildman–Crippen LogP) is 14.6. The zero-order chi connectivity index (χ0) is 44.1. The van der Waals surface area contributed by atoms with Crippen molar-refractivity contribution in [2.45, 2.75) is 232 Å². The number of rotatable bonds is 38.